The van der Waals surface area contributed by atoms with Crippen LogP contribution in [0.1, 0.15) is 28.4 Å². The van der Waals surface area contributed by atoms with Crippen LogP contribution in [-0.4, -0.2) is 54.7 Å². The van der Waals surface area contributed by atoms with Crippen molar-refractivity contribution in [2.75, 3.05) is 6.61 Å². The first-order valence-corrected chi connectivity index (χ1v) is 16.5. The fraction of sp³-hybridized carbons (Fsp3) is 0.259. The number of aryl methyl sites for hydroxylation is 2. The minimum absolute atomic E-state index is 0.0119. The summed E-state index contributed by atoms with van der Waals surface area (Å²) in [6.07, 6.45) is 0. The monoisotopic (exact) mass is 696 g/mol. The maximum atomic E-state index is 13.8. The van der Waals surface area contributed by atoms with Crippen LogP contribution in [0.3, 0.4) is 0 Å². The third kappa shape index (κ3) is 5.76. The van der Waals surface area contributed by atoms with Gasteiger partial charge in [-0.3, -0.25) is 4.79 Å². The average Bonchev–Trinajstić information content (AvgIpc) is 3.56. The molecule has 4 atom stereocenters. The van der Waals surface area contributed by atoms with E-state index in [9.17, 15) is 21.6 Å². The SMILES string of the molecule is CCO/C(=N/S(=O)(=O)c1ccc(C)cc1)[C@@H](Br)[C@@H]1N(S(=O)(=O)c2ccc(C)cc2)[C@@]1(Br)C(=O)c1ccccc1. The number of carbonyl (C=O) groups excluding carboxylic acids is 1. The van der Waals surface area contributed by atoms with E-state index in [4.69, 9.17) is 4.74 Å². The molecular weight excluding hydrogens is 672 g/mol. The summed E-state index contributed by atoms with van der Waals surface area (Å²) in [6.45, 7) is 5.37. The maximum absolute atomic E-state index is 13.8. The van der Waals surface area contributed by atoms with Gasteiger partial charge in [-0.25, -0.2) is 8.42 Å². The molecule has 1 aliphatic rings. The van der Waals surface area contributed by atoms with Crippen molar-refractivity contribution >= 4 is 63.6 Å². The summed E-state index contributed by atoms with van der Waals surface area (Å²) in [7, 11) is -8.41. The molecule has 39 heavy (non-hydrogen) atoms. The first-order valence-electron chi connectivity index (χ1n) is 11.9. The van der Waals surface area contributed by atoms with E-state index >= 15 is 0 Å². The van der Waals surface area contributed by atoms with E-state index in [1.807, 2.05) is 13.8 Å². The molecule has 1 fully saturated rings. The predicted octanol–water partition coefficient (Wildman–Crippen LogP) is 5.24. The van der Waals surface area contributed by atoms with Gasteiger partial charge < -0.3 is 4.74 Å². The molecule has 4 rings (SSSR count). The number of hydrogen-bond donors (Lipinski definition) is 0. The van der Waals surface area contributed by atoms with Crippen LogP contribution in [0.5, 0.6) is 0 Å². The van der Waals surface area contributed by atoms with Gasteiger partial charge in [-0.05, 0) is 45.0 Å². The number of carbonyl (C=O) groups is 1. The van der Waals surface area contributed by atoms with Crippen molar-refractivity contribution < 1.29 is 26.4 Å². The smallest absolute Gasteiger partial charge is 0.285 e. The Morgan fingerprint density at radius 3 is 1.95 bits per heavy atom. The molecule has 3 aromatic carbocycles. The number of nitrogens with zero attached hydrogens (tertiary/aromatic N) is 2. The average molecular weight is 698 g/mol. The number of hydrogen-bond acceptors (Lipinski definition) is 6. The Balaban J connectivity index is 1.81. The van der Waals surface area contributed by atoms with Crippen LogP contribution in [0.4, 0.5) is 0 Å². The van der Waals surface area contributed by atoms with Crippen molar-refractivity contribution in [3.8, 4) is 0 Å². The van der Waals surface area contributed by atoms with E-state index in [1.54, 1.807) is 61.5 Å². The molecule has 12 heteroatoms. The van der Waals surface area contributed by atoms with Gasteiger partial charge in [0.15, 0.2) is 10.2 Å². The van der Waals surface area contributed by atoms with Crippen LogP contribution in [0, 0.1) is 13.8 Å². The van der Waals surface area contributed by atoms with Crippen LogP contribution in [0.15, 0.2) is 93.1 Å². The van der Waals surface area contributed by atoms with Gasteiger partial charge in [-0.15, -0.1) is 4.40 Å². The molecule has 1 unspecified atom stereocenters. The summed E-state index contributed by atoms with van der Waals surface area (Å²) in [5.41, 5.74) is 2.02. The van der Waals surface area contributed by atoms with Crippen LogP contribution in [-0.2, 0) is 24.8 Å². The fourth-order valence-corrected chi connectivity index (χ4v) is 9.86. The lowest BCUT2D eigenvalue weighted by molar-refractivity contribution is 0.0971. The van der Waals surface area contributed by atoms with Gasteiger partial charge in [0.05, 0.1) is 22.4 Å². The first-order chi connectivity index (χ1) is 18.3. The highest BCUT2D eigenvalue weighted by atomic mass is 79.9. The van der Waals surface area contributed by atoms with Crippen molar-refractivity contribution in [1.82, 2.24) is 4.31 Å². The Morgan fingerprint density at radius 1 is 0.923 bits per heavy atom. The molecule has 206 valence electrons. The standard InChI is InChI=1S/C27H26Br2N2O6S2/c1-4-37-26(30-38(33,34)21-14-10-18(2)11-15-21)23(28)24-27(29,25(32)20-8-6-5-7-9-20)31(24)39(35,36)22-16-12-19(3)13-17-22/h5-17,23-24H,4H2,1-3H3/b30-26+/t23-,24-,27+,31?/m0/s1. The predicted molar refractivity (Wildman–Crippen MR) is 157 cm³/mol. The summed E-state index contributed by atoms with van der Waals surface area (Å²) < 4.78 is 62.7. The quantitative estimate of drug-likeness (QED) is 0.0756. The molecule has 3 aromatic rings. The Bertz CT molecular complexity index is 1610. The van der Waals surface area contributed by atoms with Crippen molar-refractivity contribution in [1.29, 1.82) is 0 Å². The molecule has 0 aromatic heterocycles. The number of ether oxygens (including phenoxy) is 1. The van der Waals surface area contributed by atoms with Crippen molar-refractivity contribution in [3.63, 3.8) is 0 Å². The minimum atomic E-state index is -4.21. The zero-order valence-corrected chi connectivity index (χ0v) is 26.1. The summed E-state index contributed by atoms with van der Waals surface area (Å²) in [5.74, 6) is -0.778. The molecule has 1 aliphatic heterocycles. The van der Waals surface area contributed by atoms with E-state index in [1.165, 1.54) is 24.3 Å². The molecule has 8 nitrogen and oxygen atoms in total. The Kier molecular flexibility index (Phi) is 8.53. The van der Waals surface area contributed by atoms with Gasteiger partial charge in [0.1, 0.15) is 4.83 Å². The zero-order valence-electron chi connectivity index (χ0n) is 21.3. The Hall–Kier alpha value is -2.38. The lowest BCUT2D eigenvalue weighted by Gasteiger charge is -2.14. The lowest BCUT2D eigenvalue weighted by Crippen LogP contribution is -2.31. The van der Waals surface area contributed by atoms with Crippen molar-refractivity contribution in [3.05, 3.63) is 95.6 Å². The molecule has 1 saturated heterocycles. The number of benzene rings is 3. The normalized spacial score (nSPS) is 22.2. The van der Waals surface area contributed by atoms with Gasteiger partial charge in [-0.2, -0.15) is 12.7 Å². The van der Waals surface area contributed by atoms with E-state index in [0.29, 0.717) is 0 Å². The van der Waals surface area contributed by atoms with Gasteiger partial charge in [0, 0.05) is 5.56 Å². The topological polar surface area (TPSA) is 110 Å². The molecule has 0 radical (unpaired) electrons. The zero-order chi connectivity index (χ0) is 28.6. The highest BCUT2D eigenvalue weighted by Gasteiger charge is 2.74. The van der Waals surface area contributed by atoms with Crippen molar-refractivity contribution in [2.45, 2.75) is 45.9 Å². The van der Waals surface area contributed by atoms with Crippen LogP contribution in [0.2, 0.25) is 0 Å². The second-order valence-electron chi connectivity index (χ2n) is 8.98. The van der Waals surface area contributed by atoms with E-state index in [0.717, 1.165) is 15.4 Å². The second kappa shape index (κ2) is 11.2. The second-order valence-corrected chi connectivity index (χ2v) is 14.6. The Labute approximate surface area is 245 Å². The number of Topliss-reactive ketones (excluding diaryl/α,β-unsaturated/α-hetero) is 1. The molecule has 0 aliphatic carbocycles. The number of alkyl halides is 2. The van der Waals surface area contributed by atoms with Crippen LogP contribution < -0.4 is 0 Å². The molecule has 0 bridgehead atoms. The fourth-order valence-electron chi connectivity index (χ4n) is 4.07. The minimum Gasteiger partial charge on any atom is -0.480 e. The van der Waals surface area contributed by atoms with E-state index in [2.05, 4.69) is 36.3 Å². The lowest BCUT2D eigenvalue weighted by atomic mass is 10.1. The van der Waals surface area contributed by atoms with Gasteiger partial charge >= 0.3 is 0 Å². The van der Waals surface area contributed by atoms with Gasteiger partial charge in [0.25, 0.3) is 10.0 Å². The molecule has 0 saturated carbocycles. The summed E-state index contributed by atoms with van der Waals surface area (Å²) in [5, 5.41) is 0. The molecule has 0 amide bonds. The third-order valence-corrected chi connectivity index (χ3v) is 11.7. The van der Waals surface area contributed by atoms with Crippen molar-refractivity contribution in [2.24, 2.45) is 4.40 Å². The molecule has 0 N–H and O–H groups in total. The number of sulfonamides is 2. The summed E-state index contributed by atoms with van der Waals surface area (Å²) in [6, 6.07) is 19.5. The van der Waals surface area contributed by atoms with Gasteiger partial charge in [0.2, 0.25) is 15.9 Å². The maximum Gasteiger partial charge on any atom is 0.285 e. The van der Waals surface area contributed by atoms with E-state index < -0.39 is 41.1 Å². The molecular formula is C27H26Br2N2O6S2. The number of ketones is 1. The number of rotatable bonds is 9. The third-order valence-electron chi connectivity index (χ3n) is 6.16. The summed E-state index contributed by atoms with van der Waals surface area (Å²) in [4.78, 5) is 12.6. The van der Waals surface area contributed by atoms with Crippen LogP contribution >= 0.6 is 31.9 Å². The highest BCUT2D eigenvalue weighted by Crippen LogP contribution is 2.56. The number of halogens is 2. The van der Waals surface area contributed by atoms with Crippen LogP contribution in [0.25, 0.3) is 0 Å². The first kappa shape index (κ1) is 29.6. The molecule has 0 spiro atoms. The Morgan fingerprint density at radius 2 is 1.44 bits per heavy atom. The summed E-state index contributed by atoms with van der Waals surface area (Å²) >= 11 is 6.87. The van der Waals surface area contributed by atoms with Gasteiger partial charge in [-0.1, -0.05) is 97.6 Å². The van der Waals surface area contributed by atoms with E-state index in [-0.39, 0.29) is 27.9 Å². The largest absolute Gasteiger partial charge is 0.480 e. The highest BCUT2D eigenvalue weighted by molar-refractivity contribution is 9.11. The molecule has 1 heterocycles.